The maximum Gasteiger partial charge on any atom is 0.274 e. The van der Waals surface area contributed by atoms with Gasteiger partial charge in [0, 0.05) is 29.2 Å². The van der Waals surface area contributed by atoms with E-state index in [4.69, 9.17) is 0 Å². The molecule has 0 saturated carbocycles. The van der Waals surface area contributed by atoms with Gasteiger partial charge in [-0.2, -0.15) is 0 Å². The molecule has 4 rings (SSSR count). The van der Waals surface area contributed by atoms with Crippen molar-refractivity contribution in [2.45, 2.75) is 13.8 Å². The van der Waals surface area contributed by atoms with Crippen molar-refractivity contribution in [1.29, 1.82) is 0 Å². The Labute approximate surface area is 163 Å². The molecule has 4 aromatic rings. The number of para-hydroxylation sites is 1. The molecule has 5 nitrogen and oxygen atoms in total. The first-order valence-electron chi connectivity index (χ1n) is 9.06. The van der Waals surface area contributed by atoms with Crippen LogP contribution in [0.1, 0.15) is 21.6 Å². The summed E-state index contributed by atoms with van der Waals surface area (Å²) in [6, 6.07) is 19.3. The van der Waals surface area contributed by atoms with Gasteiger partial charge in [-0.05, 0) is 55.3 Å². The first kappa shape index (κ1) is 17.7. The van der Waals surface area contributed by atoms with Crippen LogP contribution in [0.2, 0.25) is 0 Å². The van der Waals surface area contributed by atoms with Gasteiger partial charge in [-0.1, -0.05) is 30.3 Å². The molecule has 2 aromatic carbocycles. The maximum absolute atomic E-state index is 12.7. The van der Waals surface area contributed by atoms with Crippen LogP contribution in [-0.4, -0.2) is 15.9 Å². The number of nitrogens with zero attached hydrogens (tertiary/aromatic N) is 2. The lowest BCUT2D eigenvalue weighted by Gasteiger charge is -2.12. The average Bonchev–Trinajstić information content (AvgIpc) is 2.72. The lowest BCUT2D eigenvalue weighted by atomic mass is 10.1. The van der Waals surface area contributed by atoms with Crippen molar-refractivity contribution < 1.29 is 4.79 Å². The standard InChI is InChI=1S/C23H20N4O/c1-15-6-3-9-19(16(15)2)27-23(28)21-14-18(11-13-24-21)26-20-10-4-7-17-8-5-12-25-22(17)20/h3-14H,1-2H3,(H,24,26)(H,27,28). The third-order valence-electron chi connectivity index (χ3n) is 4.76. The van der Waals surface area contributed by atoms with Crippen molar-refractivity contribution in [3.63, 3.8) is 0 Å². The normalized spacial score (nSPS) is 10.6. The minimum atomic E-state index is -0.242. The van der Waals surface area contributed by atoms with E-state index in [9.17, 15) is 4.79 Å². The molecule has 2 N–H and O–H groups in total. The van der Waals surface area contributed by atoms with Crippen LogP contribution in [0.5, 0.6) is 0 Å². The van der Waals surface area contributed by atoms with Crippen LogP contribution < -0.4 is 10.6 Å². The van der Waals surface area contributed by atoms with Crippen molar-refractivity contribution in [2.24, 2.45) is 0 Å². The Hall–Kier alpha value is -3.73. The predicted molar refractivity (Wildman–Crippen MR) is 113 cm³/mol. The van der Waals surface area contributed by atoms with Crippen LogP contribution in [0.25, 0.3) is 10.9 Å². The molecule has 0 saturated heterocycles. The van der Waals surface area contributed by atoms with E-state index in [1.54, 1.807) is 18.5 Å². The first-order valence-corrected chi connectivity index (χ1v) is 9.06. The maximum atomic E-state index is 12.7. The monoisotopic (exact) mass is 368 g/mol. The van der Waals surface area contributed by atoms with E-state index in [-0.39, 0.29) is 5.91 Å². The van der Waals surface area contributed by atoms with E-state index in [2.05, 4.69) is 20.6 Å². The minimum Gasteiger partial charge on any atom is -0.354 e. The van der Waals surface area contributed by atoms with Crippen LogP contribution in [0.4, 0.5) is 17.1 Å². The summed E-state index contributed by atoms with van der Waals surface area (Å²) in [5, 5.41) is 7.34. The zero-order chi connectivity index (χ0) is 19.5. The summed E-state index contributed by atoms with van der Waals surface area (Å²) in [5.41, 5.74) is 5.85. The number of aryl methyl sites for hydroxylation is 1. The third-order valence-corrected chi connectivity index (χ3v) is 4.76. The van der Waals surface area contributed by atoms with E-state index in [1.807, 2.05) is 68.4 Å². The number of hydrogen-bond donors (Lipinski definition) is 2. The number of pyridine rings is 2. The Morgan fingerprint density at radius 1 is 0.857 bits per heavy atom. The smallest absolute Gasteiger partial charge is 0.274 e. The molecule has 0 unspecified atom stereocenters. The Bertz CT molecular complexity index is 1160. The Morgan fingerprint density at radius 2 is 1.64 bits per heavy atom. The molecule has 5 heteroatoms. The molecule has 0 fully saturated rings. The van der Waals surface area contributed by atoms with Gasteiger partial charge in [0.2, 0.25) is 0 Å². The highest BCUT2D eigenvalue weighted by molar-refractivity contribution is 6.04. The number of anilines is 3. The second-order valence-electron chi connectivity index (χ2n) is 6.64. The molecule has 0 radical (unpaired) electrons. The van der Waals surface area contributed by atoms with Gasteiger partial charge in [0.05, 0.1) is 11.2 Å². The number of fused-ring (bicyclic) bond motifs is 1. The van der Waals surface area contributed by atoms with E-state index < -0.39 is 0 Å². The number of carbonyl (C=O) groups is 1. The van der Waals surface area contributed by atoms with E-state index in [0.717, 1.165) is 39.1 Å². The highest BCUT2D eigenvalue weighted by atomic mass is 16.1. The molecule has 138 valence electrons. The van der Waals surface area contributed by atoms with Gasteiger partial charge in [0.1, 0.15) is 5.69 Å². The largest absolute Gasteiger partial charge is 0.354 e. The number of nitrogens with one attached hydrogen (secondary N) is 2. The summed E-state index contributed by atoms with van der Waals surface area (Å²) in [5.74, 6) is -0.242. The molecule has 2 aromatic heterocycles. The zero-order valence-electron chi connectivity index (χ0n) is 15.7. The SMILES string of the molecule is Cc1cccc(NC(=O)c2cc(Nc3cccc4cccnc34)ccn2)c1C. The summed E-state index contributed by atoms with van der Waals surface area (Å²) >= 11 is 0. The summed E-state index contributed by atoms with van der Waals surface area (Å²) < 4.78 is 0. The number of rotatable bonds is 4. The second kappa shape index (κ2) is 7.48. The summed E-state index contributed by atoms with van der Waals surface area (Å²) in [4.78, 5) is 21.4. The van der Waals surface area contributed by atoms with Crippen molar-refractivity contribution in [3.05, 3.63) is 89.9 Å². The zero-order valence-corrected chi connectivity index (χ0v) is 15.7. The Morgan fingerprint density at radius 3 is 2.54 bits per heavy atom. The third kappa shape index (κ3) is 3.55. The Kier molecular flexibility index (Phi) is 4.72. The fourth-order valence-corrected chi connectivity index (χ4v) is 3.07. The van der Waals surface area contributed by atoms with Crippen molar-refractivity contribution in [1.82, 2.24) is 9.97 Å². The van der Waals surface area contributed by atoms with E-state index >= 15 is 0 Å². The van der Waals surface area contributed by atoms with E-state index in [1.165, 1.54) is 0 Å². The van der Waals surface area contributed by atoms with Crippen LogP contribution in [0.15, 0.2) is 73.1 Å². The fraction of sp³-hybridized carbons (Fsp3) is 0.0870. The summed E-state index contributed by atoms with van der Waals surface area (Å²) in [7, 11) is 0. The van der Waals surface area contributed by atoms with Crippen LogP contribution in [0, 0.1) is 13.8 Å². The van der Waals surface area contributed by atoms with Crippen molar-refractivity contribution >= 4 is 33.9 Å². The van der Waals surface area contributed by atoms with Gasteiger partial charge in [-0.15, -0.1) is 0 Å². The minimum absolute atomic E-state index is 0.242. The van der Waals surface area contributed by atoms with Crippen molar-refractivity contribution in [3.8, 4) is 0 Å². The van der Waals surface area contributed by atoms with Gasteiger partial charge in [0.15, 0.2) is 0 Å². The van der Waals surface area contributed by atoms with Gasteiger partial charge >= 0.3 is 0 Å². The number of benzene rings is 2. The highest BCUT2D eigenvalue weighted by Crippen LogP contribution is 2.25. The molecular formula is C23H20N4O. The van der Waals surface area contributed by atoms with Gasteiger partial charge in [-0.25, -0.2) is 0 Å². The molecule has 28 heavy (non-hydrogen) atoms. The molecule has 0 atom stereocenters. The molecule has 0 aliphatic carbocycles. The first-order chi connectivity index (χ1) is 13.6. The topological polar surface area (TPSA) is 66.9 Å². The molecule has 1 amide bonds. The molecule has 0 aliphatic heterocycles. The lowest BCUT2D eigenvalue weighted by Crippen LogP contribution is -2.14. The quantitative estimate of drug-likeness (QED) is 0.517. The van der Waals surface area contributed by atoms with E-state index in [0.29, 0.717) is 5.69 Å². The fourth-order valence-electron chi connectivity index (χ4n) is 3.07. The van der Waals surface area contributed by atoms with Gasteiger partial charge in [-0.3, -0.25) is 14.8 Å². The number of amides is 1. The highest BCUT2D eigenvalue weighted by Gasteiger charge is 2.11. The van der Waals surface area contributed by atoms with Gasteiger partial charge < -0.3 is 10.6 Å². The van der Waals surface area contributed by atoms with Crippen LogP contribution in [0.3, 0.4) is 0 Å². The molecule has 0 bridgehead atoms. The lowest BCUT2D eigenvalue weighted by molar-refractivity contribution is 0.102. The number of carbonyl (C=O) groups excluding carboxylic acids is 1. The summed E-state index contributed by atoms with van der Waals surface area (Å²) in [6.45, 7) is 4.01. The van der Waals surface area contributed by atoms with Crippen LogP contribution in [-0.2, 0) is 0 Å². The van der Waals surface area contributed by atoms with Crippen LogP contribution >= 0.6 is 0 Å². The molecule has 0 aliphatic rings. The summed E-state index contributed by atoms with van der Waals surface area (Å²) in [6.07, 6.45) is 3.39. The molecule has 0 spiro atoms. The molecule has 2 heterocycles. The predicted octanol–water partition coefficient (Wildman–Crippen LogP) is 5.24. The average molecular weight is 368 g/mol. The Balaban J connectivity index is 1.59. The second-order valence-corrected chi connectivity index (χ2v) is 6.64. The molecular weight excluding hydrogens is 348 g/mol. The number of aromatic nitrogens is 2. The number of hydrogen-bond acceptors (Lipinski definition) is 4. The van der Waals surface area contributed by atoms with Crippen molar-refractivity contribution in [2.75, 3.05) is 10.6 Å². The van der Waals surface area contributed by atoms with Gasteiger partial charge in [0.25, 0.3) is 5.91 Å².